The molecule has 0 spiro atoms. The minimum Gasteiger partial charge on any atom is -0.481 e. The third-order valence-electron chi connectivity index (χ3n) is 4.65. The summed E-state index contributed by atoms with van der Waals surface area (Å²) in [4.78, 5) is 23.6. The first-order chi connectivity index (χ1) is 12.6. The molecule has 1 aliphatic heterocycles. The van der Waals surface area contributed by atoms with E-state index in [4.69, 9.17) is 9.84 Å². The Morgan fingerprint density at radius 1 is 1.12 bits per heavy atom. The van der Waals surface area contributed by atoms with Gasteiger partial charge in [-0.25, -0.2) is 0 Å². The summed E-state index contributed by atoms with van der Waals surface area (Å²) in [5, 5.41) is 12.0. The number of carbonyl (C=O) groups excluding carboxylic acids is 1. The predicted molar refractivity (Wildman–Crippen MR) is 97.7 cm³/mol. The molecule has 0 aliphatic carbocycles. The van der Waals surface area contributed by atoms with Gasteiger partial charge >= 0.3 is 5.97 Å². The lowest BCUT2D eigenvalue weighted by atomic mass is 9.95. The van der Waals surface area contributed by atoms with Gasteiger partial charge in [0.15, 0.2) is 0 Å². The molecule has 1 amide bonds. The van der Waals surface area contributed by atoms with Gasteiger partial charge in [0, 0.05) is 6.42 Å². The number of aliphatic carboxylic acids is 1. The van der Waals surface area contributed by atoms with Crippen molar-refractivity contribution in [2.24, 2.45) is 0 Å². The molecule has 26 heavy (non-hydrogen) atoms. The van der Waals surface area contributed by atoms with Crippen molar-refractivity contribution in [2.75, 3.05) is 6.61 Å². The molecule has 0 bridgehead atoms. The second-order valence-electron chi connectivity index (χ2n) is 6.48. The predicted octanol–water partition coefficient (Wildman–Crippen LogP) is 3.41. The second kappa shape index (κ2) is 8.63. The van der Waals surface area contributed by atoms with E-state index in [1.807, 2.05) is 48.5 Å². The number of ether oxygens (including phenoxy) is 1. The molecular weight excluding hydrogens is 330 g/mol. The molecule has 1 aliphatic rings. The Morgan fingerprint density at radius 3 is 2.62 bits per heavy atom. The number of hydrogen-bond acceptors (Lipinski definition) is 3. The topological polar surface area (TPSA) is 75.6 Å². The fourth-order valence-electron chi connectivity index (χ4n) is 3.34. The molecule has 0 aromatic heterocycles. The first-order valence-electron chi connectivity index (χ1n) is 8.89. The SMILES string of the molecule is O=C(O)CCC(NC(=O)CC1OCCc2ccccc21)c1ccccc1. The van der Waals surface area contributed by atoms with Crippen LogP contribution in [0.3, 0.4) is 0 Å². The molecule has 2 atom stereocenters. The molecule has 2 N–H and O–H groups in total. The van der Waals surface area contributed by atoms with Crippen LogP contribution < -0.4 is 5.32 Å². The lowest BCUT2D eigenvalue weighted by molar-refractivity contribution is -0.137. The largest absolute Gasteiger partial charge is 0.481 e. The Labute approximate surface area is 153 Å². The zero-order valence-corrected chi connectivity index (χ0v) is 14.6. The van der Waals surface area contributed by atoms with Crippen molar-refractivity contribution in [3.05, 3.63) is 71.3 Å². The van der Waals surface area contributed by atoms with Crippen LogP contribution in [0, 0.1) is 0 Å². The summed E-state index contributed by atoms with van der Waals surface area (Å²) >= 11 is 0. The van der Waals surface area contributed by atoms with E-state index in [9.17, 15) is 9.59 Å². The maximum atomic E-state index is 12.6. The van der Waals surface area contributed by atoms with Crippen molar-refractivity contribution in [1.82, 2.24) is 5.32 Å². The Kier molecular flexibility index (Phi) is 6.02. The maximum Gasteiger partial charge on any atom is 0.303 e. The normalized spacial score (nSPS) is 17.2. The number of carboxylic acids is 1. The average Bonchev–Trinajstić information content (AvgIpc) is 2.66. The third-order valence-corrected chi connectivity index (χ3v) is 4.65. The molecule has 5 heteroatoms. The summed E-state index contributed by atoms with van der Waals surface area (Å²) in [5.41, 5.74) is 3.20. The van der Waals surface area contributed by atoms with Crippen LogP contribution >= 0.6 is 0 Å². The summed E-state index contributed by atoms with van der Waals surface area (Å²) in [6, 6.07) is 17.2. The first-order valence-corrected chi connectivity index (χ1v) is 8.89. The van der Waals surface area contributed by atoms with E-state index < -0.39 is 5.97 Å². The van der Waals surface area contributed by atoms with Crippen LogP contribution in [0.1, 0.15) is 48.1 Å². The van der Waals surface area contributed by atoms with Gasteiger partial charge in [-0.05, 0) is 29.5 Å². The summed E-state index contributed by atoms with van der Waals surface area (Å²) in [5.74, 6) is -1.00. The van der Waals surface area contributed by atoms with Crippen LogP contribution in [0.25, 0.3) is 0 Å². The average molecular weight is 353 g/mol. The first kappa shape index (κ1) is 18.1. The summed E-state index contributed by atoms with van der Waals surface area (Å²) in [7, 11) is 0. The van der Waals surface area contributed by atoms with Gasteiger partial charge in [-0.3, -0.25) is 9.59 Å². The Bertz CT molecular complexity index is 760. The molecule has 136 valence electrons. The fraction of sp³-hybridized carbons (Fsp3) is 0.333. The van der Waals surface area contributed by atoms with Gasteiger partial charge in [-0.2, -0.15) is 0 Å². The number of nitrogens with one attached hydrogen (secondary N) is 1. The van der Waals surface area contributed by atoms with E-state index in [0.29, 0.717) is 13.0 Å². The Hall–Kier alpha value is -2.66. The van der Waals surface area contributed by atoms with E-state index >= 15 is 0 Å². The number of hydrogen-bond donors (Lipinski definition) is 2. The van der Waals surface area contributed by atoms with Crippen molar-refractivity contribution in [1.29, 1.82) is 0 Å². The molecule has 0 radical (unpaired) electrons. The highest BCUT2D eigenvalue weighted by molar-refractivity contribution is 5.77. The van der Waals surface area contributed by atoms with Crippen molar-refractivity contribution >= 4 is 11.9 Å². The number of rotatable bonds is 7. The molecule has 0 saturated heterocycles. The minimum atomic E-state index is -0.871. The lowest BCUT2D eigenvalue weighted by Gasteiger charge is -2.26. The van der Waals surface area contributed by atoms with Crippen LogP contribution in [0.5, 0.6) is 0 Å². The molecule has 2 unspecified atom stereocenters. The fourth-order valence-corrected chi connectivity index (χ4v) is 3.34. The van der Waals surface area contributed by atoms with Crippen LogP contribution in [-0.4, -0.2) is 23.6 Å². The van der Waals surface area contributed by atoms with E-state index in [1.54, 1.807) is 0 Å². The second-order valence-corrected chi connectivity index (χ2v) is 6.48. The number of benzene rings is 2. The van der Waals surface area contributed by atoms with Gasteiger partial charge in [0.1, 0.15) is 0 Å². The monoisotopic (exact) mass is 353 g/mol. The smallest absolute Gasteiger partial charge is 0.303 e. The highest BCUT2D eigenvalue weighted by Crippen LogP contribution is 2.30. The van der Waals surface area contributed by atoms with Crippen LogP contribution in [0.2, 0.25) is 0 Å². The van der Waals surface area contributed by atoms with E-state index in [-0.39, 0.29) is 30.9 Å². The number of fused-ring (bicyclic) bond motifs is 1. The molecule has 5 nitrogen and oxygen atoms in total. The number of carboxylic acid groups (broad SMARTS) is 1. The molecule has 3 rings (SSSR count). The van der Waals surface area contributed by atoms with Gasteiger partial charge in [0.2, 0.25) is 5.91 Å². The zero-order valence-electron chi connectivity index (χ0n) is 14.6. The van der Waals surface area contributed by atoms with E-state index in [2.05, 4.69) is 11.4 Å². The van der Waals surface area contributed by atoms with Gasteiger partial charge in [0.05, 0.1) is 25.2 Å². The molecule has 2 aromatic carbocycles. The highest BCUT2D eigenvalue weighted by Gasteiger charge is 2.24. The molecular formula is C21H23NO4. The van der Waals surface area contributed by atoms with Crippen LogP contribution in [0.4, 0.5) is 0 Å². The van der Waals surface area contributed by atoms with Crippen LogP contribution in [0.15, 0.2) is 54.6 Å². The summed E-state index contributed by atoms with van der Waals surface area (Å²) in [6.07, 6.45) is 1.19. The Balaban J connectivity index is 1.67. The molecule has 0 saturated carbocycles. The minimum absolute atomic E-state index is 0.00258. The molecule has 2 aromatic rings. The van der Waals surface area contributed by atoms with Crippen LogP contribution in [-0.2, 0) is 20.7 Å². The van der Waals surface area contributed by atoms with Gasteiger partial charge in [-0.1, -0.05) is 54.6 Å². The van der Waals surface area contributed by atoms with Crippen molar-refractivity contribution in [3.8, 4) is 0 Å². The summed E-state index contributed by atoms with van der Waals surface area (Å²) in [6.45, 7) is 0.607. The molecule has 1 heterocycles. The van der Waals surface area contributed by atoms with E-state index in [1.165, 1.54) is 5.56 Å². The zero-order chi connectivity index (χ0) is 18.4. The number of carbonyl (C=O) groups is 2. The Morgan fingerprint density at radius 2 is 1.85 bits per heavy atom. The third kappa shape index (κ3) is 4.70. The van der Waals surface area contributed by atoms with Gasteiger partial charge in [-0.15, -0.1) is 0 Å². The standard InChI is InChI=1S/C21H23NO4/c23-20(14-19-17-9-5-4-6-15(17)12-13-26-19)22-18(10-11-21(24)25)16-7-2-1-3-8-16/h1-9,18-19H,10-14H2,(H,22,23)(H,24,25). The van der Waals surface area contributed by atoms with Crippen molar-refractivity contribution < 1.29 is 19.4 Å². The quantitative estimate of drug-likeness (QED) is 0.800. The van der Waals surface area contributed by atoms with Gasteiger partial charge < -0.3 is 15.2 Å². The van der Waals surface area contributed by atoms with E-state index in [0.717, 1.165) is 17.5 Å². The van der Waals surface area contributed by atoms with Crippen molar-refractivity contribution in [3.63, 3.8) is 0 Å². The summed E-state index contributed by atoms with van der Waals surface area (Å²) < 4.78 is 5.81. The van der Waals surface area contributed by atoms with Gasteiger partial charge in [0.25, 0.3) is 0 Å². The number of amides is 1. The maximum absolute atomic E-state index is 12.6. The highest BCUT2D eigenvalue weighted by atomic mass is 16.5. The lowest BCUT2D eigenvalue weighted by Crippen LogP contribution is -2.31. The molecule has 0 fully saturated rings. The van der Waals surface area contributed by atoms with Crippen molar-refractivity contribution in [2.45, 2.75) is 37.8 Å².